The van der Waals surface area contributed by atoms with Gasteiger partial charge in [0, 0.05) is 9.14 Å². The Bertz CT molecular complexity index is 1170. The van der Waals surface area contributed by atoms with Crippen molar-refractivity contribution in [1.29, 1.82) is 0 Å². The van der Waals surface area contributed by atoms with Crippen LogP contribution in [0.5, 0.6) is 5.75 Å². The second-order valence-electron chi connectivity index (χ2n) is 6.42. The van der Waals surface area contributed by atoms with Gasteiger partial charge in [0.2, 0.25) is 0 Å². The number of amides is 2. The molecule has 0 bridgehead atoms. The van der Waals surface area contributed by atoms with Crippen molar-refractivity contribution in [2.24, 2.45) is 5.14 Å². The molecule has 0 radical (unpaired) electrons. The van der Waals surface area contributed by atoms with Crippen molar-refractivity contribution >= 4 is 50.7 Å². The van der Waals surface area contributed by atoms with Gasteiger partial charge in [-0.25, -0.2) is 9.86 Å². The average Bonchev–Trinajstić information content (AvgIpc) is 2.73. The number of rotatable bonds is 8. The first-order chi connectivity index (χ1) is 15.1. The van der Waals surface area contributed by atoms with Gasteiger partial charge in [-0.05, 0) is 78.4 Å². The van der Waals surface area contributed by atoms with E-state index in [9.17, 15) is 18.0 Å². The Morgan fingerprint density at radius 2 is 1.69 bits per heavy atom. The molecule has 0 heterocycles. The van der Waals surface area contributed by atoms with Crippen molar-refractivity contribution in [1.82, 2.24) is 10.0 Å². The number of carbonyl (C=O) groups excluding carboxylic acids is 2. The largest absolute Gasteiger partial charge is 0.457 e. The van der Waals surface area contributed by atoms with Crippen molar-refractivity contribution in [3.63, 3.8) is 0 Å². The minimum atomic E-state index is -4.32. The molecule has 0 aliphatic heterocycles. The first-order valence-electron chi connectivity index (χ1n) is 9.29. The number of carbonyl (C=O) groups is 2. The molecular weight excluding hydrogens is 545 g/mol. The number of hydrogen-bond donors (Lipinski definition) is 3. The Hall–Kier alpha value is -2.96. The lowest BCUT2D eigenvalue weighted by molar-refractivity contribution is -0.116. The molecule has 168 valence electrons. The van der Waals surface area contributed by atoms with Crippen LogP contribution in [0.1, 0.15) is 29.8 Å². The topological polar surface area (TPSA) is 128 Å². The normalized spacial score (nSPS) is 12.8. The highest BCUT2D eigenvalue weighted by atomic mass is 127. The average molecular weight is 567 g/mol. The molecule has 0 fully saturated rings. The van der Waals surface area contributed by atoms with Gasteiger partial charge in [0.05, 0.1) is 0 Å². The zero-order valence-electron chi connectivity index (χ0n) is 17.3. The fourth-order valence-corrected chi connectivity index (χ4v) is 3.08. The Kier molecular flexibility index (Phi) is 9.17. The molecule has 4 N–H and O–H groups in total. The summed E-state index contributed by atoms with van der Waals surface area (Å²) in [7, 11) is -4.32. The molecule has 0 saturated carbocycles. The zero-order valence-corrected chi connectivity index (χ0v) is 20.3. The van der Waals surface area contributed by atoms with E-state index in [1.54, 1.807) is 59.3 Å². The second kappa shape index (κ2) is 11.6. The number of halogens is 1. The highest BCUT2D eigenvalue weighted by molar-refractivity contribution is 14.1. The first kappa shape index (κ1) is 25.3. The standard InChI is InChI=1S/C22H22IN3O5S/c1-3-7-20(15(2)23)31-18-12-10-16(11-13-18)14-19(22(28)26-32(24,29)30)25-21(27)17-8-5-4-6-9-17/h3-14H,1-2H3,(H,25,27)(H,26,28)(H2,24,29,30). The summed E-state index contributed by atoms with van der Waals surface area (Å²) >= 11 is 2.16. The minimum Gasteiger partial charge on any atom is -0.457 e. The van der Waals surface area contributed by atoms with Crippen LogP contribution in [-0.2, 0) is 15.0 Å². The maximum atomic E-state index is 12.5. The van der Waals surface area contributed by atoms with Crippen LogP contribution in [-0.4, -0.2) is 20.2 Å². The number of nitrogens with one attached hydrogen (secondary N) is 2. The van der Waals surface area contributed by atoms with Crippen molar-refractivity contribution in [3.8, 4) is 5.75 Å². The van der Waals surface area contributed by atoms with E-state index >= 15 is 0 Å². The molecule has 0 unspecified atom stereocenters. The van der Waals surface area contributed by atoms with E-state index < -0.39 is 22.0 Å². The van der Waals surface area contributed by atoms with Gasteiger partial charge >= 0.3 is 0 Å². The van der Waals surface area contributed by atoms with Crippen LogP contribution in [0.3, 0.4) is 0 Å². The summed E-state index contributed by atoms with van der Waals surface area (Å²) in [6.45, 7) is 3.80. The molecule has 2 amide bonds. The molecule has 2 aromatic rings. The van der Waals surface area contributed by atoms with Crippen molar-refractivity contribution in [3.05, 3.63) is 92.9 Å². The number of nitrogens with two attached hydrogens (primary N) is 1. The van der Waals surface area contributed by atoms with Crippen LogP contribution in [0.25, 0.3) is 6.08 Å². The fraction of sp³-hybridized carbons (Fsp3) is 0.0909. The van der Waals surface area contributed by atoms with E-state index in [0.29, 0.717) is 22.6 Å². The molecule has 0 aliphatic carbocycles. The lowest BCUT2D eigenvalue weighted by Crippen LogP contribution is -2.41. The van der Waals surface area contributed by atoms with Gasteiger partial charge in [0.25, 0.3) is 22.0 Å². The van der Waals surface area contributed by atoms with Crippen molar-refractivity contribution < 1.29 is 22.7 Å². The third-order valence-corrected chi connectivity index (χ3v) is 4.84. The Morgan fingerprint density at radius 1 is 1.06 bits per heavy atom. The quantitative estimate of drug-likeness (QED) is 0.195. The molecule has 2 aromatic carbocycles. The maximum absolute atomic E-state index is 12.5. The van der Waals surface area contributed by atoms with Gasteiger partial charge < -0.3 is 10.1 Å². The van der Waals surface area contributed by atoms with Gasteiger partial charge in [-0.3, -0.25) is 9.59 Å². The van der Waals surface area contributed by atoms with Crippen LogP contribution in [0.15, 0.2) is 81.8 Å². The second-order valence-corrected chi connectivity index (χ2v) is 9.34. The predicted molar refractivity (Wildman–Crippen MR) is 132 cm³/mol. The summed E-state index contributed by atoms with van der Waals surface area (Å²) < 4.78 is 31.0. The monoisotopic (exact) mass is 567 g/mol. The third-order valence-electron chi connectivity index (χ3n) is 3.84. The zero-order chi connectivity index (χ0) is 23.7. The lowest BCUT2D eigenvalue weighted by atomic mass is 10.1. The summed E-state index contributed by atoms with van der Waals surface area (Å²) in [5.41, 5.74) is 0.523. The number of ether oxygens (including phenoxy) is 1. The van der Waals surface area contributed by atoms with Crippen molar-refractivity contribution in [2.75, 3.05) is 0 Å². The van der Waals surface area contributed by atoms with Crippen LogP contribution in [0.4, 0.5) is 0 Å². The van der Waals surface area contributed by atoms with Crippen LogP contribution >= 0.6 is 22.6 Å². The molecule has 10 heteroatoms. The first-order valence-corrected chi connectivity index (χ1v) is 11.9. The van der Waals surface area contributed by atoms with Crippen LogP contribution in [0.2, 0.25) is 0 Å². The van der Waals surface area contributed by atoms with E-state index in [1.807, 2.05) is 26.0 Å². The molecule has 2 rings (SSSR count). The third kappa shape index (κ3) is 8.29. The number of hydrogen-bond acceptors (Lipinski definition) is 5. The molecule has 8 nitrogen and oxygen atoms in total. The SMILES string of the molecule is CC=CC(Oc1ccc(C=C(NC(=O)c2ccccc2)C(=O)NS(N)(=O)=O)cc1)=C(C)I. The molecule has 0 spiro atoms. The molecular formula is C22H22IN3O5S. The molecule has 32 heavy (non-hydrogen) atoms. The van der Waals surface area contributed by atoms with Crippen LogP contribution in [0, 0.1) is 0 Å². The van der Waals surface area contributed by atoms with Gasteiger partial charge in [-0.2, -0.15) is 8.42 Å². The van der Waals surface area contributed by atoms with Gasteiger partial charge in [0.1, 0.15) is 17.2 Å². The van der Waals surface area contributed by atoms with E-state index in [4.69, 9.17) is 9.88 Å². The van der Waals surface area contributed by atoms with E-state index in [0.717, 1.165) is 3.58 Å². The summed E-state index contributed by atoms with van der Waals surface area (Å²) in [5.74, 6) is -0.397. The van der Waals surface area contributed by atoms with E-state index in [1.165, 1.54) is 6.08 Å². The van der Waals surface area contributed by atoms with E-state index in [-0.39, 0.29) is 5.70 Å². The van der Waals surface area contributed by atoms with E-state index in [2.05, 4.69) is 27.9 Å². The Morgan fingerprint density at radius 3 is 2.22 bits per heavy atom. The maximum Gasteiger partial charge on any atom is 0.299 e. The molecule has 0 aromatic heterocycles. The van der Waals surface area contributed by atoms with Crippen LogP contribution < -0.4 is 19.9 Å². The smallest absolute Gasteiger partial charge is 0.299 e. The highest BCUT2D eigenvalue weighted by Crippen LogP contribution is 2.21. The van der Waals surface area contributed by atoms with Crippen molar-refractivity contribution in [2.45, 2.75) is 13.8 Å². The molecule has 0 saturated heterocycles. The molecule has 0 aliphatic rings. The summed E-state index contributed by atoms with van der Waals surface area (Å²) in [6.07, 6.45) is 5.03. The lowest BCUT2D eigenvalue weighted by Gasteiger charge is -2.11. The number of allylic oxidation sites excluding steroid dienone is 3. The summed E-state index contributed by atoms with van der Waals surface area (Å²) in [5, 5.41) is 7.32. The van der Waals surface area contributed by atoms with Gasteiger partial charge in [-0.1, -0.05) is 36.4 Å². The number of benzene rings is 2. The minimum absolute atomic E-state index is 0.292. The highest BCUT2D eigenvalue weighted by Gasteiger charge is 2.18. The Labute approximate surface area is 200 Å². The Balaban J connectivity index is 2.32. The predicted octanol–water partition coefficient (Wildman–Crippen LogP) is 3.40. The van der Waals surface area contributed by atoms with Gasteiger partial charge in [-0.15, -0.1) is 0 Å². The fourth-order valence-electron chi connectivity index (χ4n) is 2.42. The summed E-state index contributed by atoms with van der Waals surface area (Å²) in [6, 6.07) is 14.9. The van der Waals surface area contributed by atoms with Gasteiger partial charge in [0.15, 0.2) is 0 Å². The molecule has 0 atom stereocenters. The summed E-state index contributed by atoms with van der Waals surface area (Å²) in [4.78, 5) is 24.9.